The number of rotatable bonds is 5. The molecule has 1 N–H and O–H groups in total. The molecule has 0 aliphatic heterocycles. The van der Waals surface area contributed by atoms with Crippen LogP contribution in [0.5, 0.6) is 0 Å². The first-order valence-corrected chi connectivity index (χ1v) is 8.17. The smallest absolute Gasteiger partial charge is 0.226 e. The Morgan fingerprint density at radius 2 is 1.89 bits per heavy atom. The van der Waals surface area contributed by atoms with Crippen LogP contribution in [0.3, 0.4) is 0 Å². The Hall–Kier alpha value is -0.840. The highest BCUT2D eigenvalue weighted by Gasteiger charge is 2.37. The minimum Gasteiger partial charge on any atom is -0.338 e. The number of hydrogen-bond donors (Lipinski definition) is 1. The van der Waals surface area contributed by atoms with Gasteiger partial charge < -0.3 is 4.90 Å². The van der Waals surface area contributed by atoms with Crippen LogP contribution in [0.4, 0.5) is 5.95 Å². The zero-order valence-electron chi connectivity index (χ0n) is 11.3. The van der Waals surface area contributed by atoms with E-state index in [2.05, 4.69) is 19.7 Å². The zero-order chi connectivity index (χ0) is 12.8. The lowest BCUT2D eigenvalue weighted by Crippen LogP contribution is -2.31. The summed E-state index contributed by atoms with van der Waals surface area (Å²) in [6.45, 7) is 1.19. The quantitative estimate of drug-likeness (QED) is 0.838. The van der Waals surface area contributed by atoms with E-state index in [0.717, 1.165) is 22.7 Å². The summed E-state index contributed by atoms with van der Waals surface area (Å²) in [4.78, 5) is 2.54. The van der Waals surface area contributed by atoms with Crippen LogP contribution in [-0.2, 0) is 0 Å². The number of nitrogens with one attached hydrogen (secondary N) is 1. The molecule has 3 saturated carbocycles. The molecule has 1 aromatic rings. The van der Waals surface area contributed by atoms with E-state index in [1.807, 2.05) is 0 Å². The third-order valence-corrected chi connectivity index (χ3v) is 5.06. The highest BCUT2D eigenvalue weighted by Crippen LogP contribution is 2.39. The minimum atomic E-state index is 0.585. The molecular formula is C14H22N4S. The van der Waals surface area contributed by atoms with Crippen molar-refractivity contribution in [3.05, 3.63) is 4.77 Å². The second-order valence-electron chi connectivity index (χ2n) is 6.46. The maximum Gasteiger partial charge on any atom is 0.226 e. The van der Waals surface area contributed by atoms with Gasteiger partial charge in [0.2, 0.25) is 5.95 Å². The molecular weight excluding hydrogens is 256 g/mol. The lowest BCUT2D eigenvalue weighted by atomic mass is 10.2. The van der Waals surface area contributed by atoms with Gasteiger partial charge in [-0.05, 0) is 56.7 Å². The predicted octanol–water partition coefficient (Wildman–Crippen LogP) is 3.43. The Kier molecular flexibility index (Phi) is 2.90. The van der Waals surface area contributed by atoms with Crippen LogP contribution in [0.25, 0.3) is 0 Å². The fourth-order valence-electron chi connectivity index (χ4n) is 3.35. The summed E-state index contributed by atoms with van der Waals surface area (Å²) in [5.74, 6) is 2.04. The normalized spacial score (nSPS) is 24.0. The molecule has 0 atom stereocenters. The van der Waals surface area contributed by atoms with Gasteiger partial charge in [-0.2, -0.15) is 0 Å². The molecule has 0 aromatic carbocycles. The minimum absolute atomic E-state index is 0.585. The molecule has 1 heterocycles. The Labute approximate surface area is 119 Å². The van der Waals surface area contributed by atoms with Gasteiger partial charge in [0, 0.05) is 18.6 Å². The van der Waals surface area contributed by atoms with Crippen molar-refractivity contribution in [1.82, 2.24) is 14.8 Å². The van der Waals surface area contributed by atoms with Crippen molar-refractivity contribution in [1.29, 1.82) is 0 Å². The molecule has 0 radical (unpaired) electrons. The van der Waals surface area contributed by atoms with Gasteiger partial charge in [0.25, 0.3) is 0 Å². The van der Waals surface area contributed by atoms with Gasteiger partial charge >= 0.3 is 0 Å². The van der Waals surface area contributed by atoms with Crippen LogP contribution in [-0.4, -0.2) is 27.4 Å². The van der Waals surface area contributed by atoms with Crippen molar-refractivity contribution in [2.45, 2.75) is 63.5 Å². The second kappa shape index (κ2) is 4.62. The SMILES string of the molecule is S=c1[nH]nc(N(CC2CC2)C2CC2)n1C1CCCC1. The number of H-pyrrole nitrogens is 1. The molecule has 4 rings (SSSR count). The summed E-state index contributed by atoms with van der Waals surface area (Å²) in [5.41, 5.74) is 0. The van der Waals surface area contributed by atoms with Gasteiger partial charge in [-0.25, -0.2) is 5.10 Å². The summed E-state index contributed by atoms with van der Waals surface area (Å²) in [7, 11) is 0. The molecule has 0 saturated heterocycles. The molecule has 5 heteroatoms. The third kappa shape index (κ3) is 2.33. The van der Waals surface area contributed by atoms with E-state index < -0.39 is 0 Å². The molecule has 1 aromatic heterocycles. The molecule has 3 fully saturated rings. The van der Waals surface area contributed by atoms with E-state index in [0.29, 0.717) is 6.04 Å². The van der Waals surface area contributed by atoms with E-state index in [1.54, 1.807) is 0 Å². The number of nitrogens with zero attached hydrogens (tertiary/aromatic N) is 3. The van der Waals surface area contributed by atoms with Gasteiger partial charge in [-0.15, -0.1) is 5.10 Å². The fourth-order valence-corrected chi connectivity index (χ4v) is 3.63. The molecule has 0 bridgehead atoms. The molecule has 19 heavy (non-hydrogen) atoms. The molecule has 0 amide bonds. The lowest BCUT2D eigenvalue weighted by molar-refractivity contribution is 0.502. The zero-order valence-corrected chi connectivity index (χ0v) is 12.2. The standard InChI is InChI=1S/C14H22N4S/c19-14-16-15-13(18(14)12-3-1-2-4-12)17(11-7-8-11)9-10-5-6-10/h10-12H,1-9H2,(H,16,19). The summed E-state index contributed by atoms with van der Waals surface area (Å²) < 4.78 is 3.14. The van der Waals surface area contributed by atoms with E-state index in [1.165, 1.54) is 57.9 Å². The fraction of sp³-hybridized carbons (Fsp3) is 0.857. The van der Waals surface area contributed by atoms with Crippen molar-refractivity contribution in [2.75, 3.05) is 11.4 Å². The average Bonchev–Trinajstić information content (AvgIpc) is 3.31. The van der Waals surface area contributed by atoms with Crippen LogP contribution in [0.15, 0.2) is 0 Å². The molecule has 3 aliphatic rings. The molecule has 4 nitrogen and oxygen atoms in total. The topological polar surface area (TPSA) is 36.9 Å². The van der Waals surface area contributed by atoms with E-state index in [-0.39, 0.29) is 0 Å². The molecule has 0 unspecified atom stereocenters. The number of anilines is 1. The summed E-state index contributed by atoms with van der Waals surface area (Å²) in [5, 5.41) is 7.62. The van der Waals surface area contributed by atoms with E-state index in [4.69, 9.17) is 12.2 Å². The first-order chi connectivity index (χ1) is 9.33. The number of aromatic amines is 1. The van der Waals surface area contributed by atoms with E-state index in [9.17, 15) is 0 Å². The predicted molar refractivity (Wildman–Crippen MR) is 78.0 cm³/mol. The maximum atomic E-state index is 5.48. The second-order valence-corrected chi connectivity index (χ2v) is 6.85. The monoisotopic (exact) mass is 278 g/mol. The Bertz CT molecular complexity index is 506. The van der Waals surface area contributed by atoms with Crippen molar-refractivity contribution in [3.8, 4) is 0 Å². The van der Waals surface area contributed by atoms with Gasteiger partial charge in [0.05, 0.1) is 0 Å². The van der Waals surface area contributed by atoms with Crippen molar-refractivity contribution in [3.63, 3.8) is 0 Å². The highest BCUT2D eigenvalue weighted by molar-refractivity contribution is 7.71. The number of hydrogen-bond acceptors (Lipinski definition) is 3. The van der Waals surface area contributed by atoms with Crippen molar-refractivity contribution >= 4 is 18.2 Å². The average molecular weight is 278 g/mol. The summed E-state index contributed by atoms with van der Waals surface area (Å²) in [6.07, 6.45) is 10.7. The van der Waals surface area contributed by atoms with Crippen molar-refractivity contribution in [2.24, 2.45) is 5.92 Å². The molecule has 3 aliphatic carbocycles. The molecule has 104 valence electrons. The van der Waals surface area contributed by atoms with E-state index >= 15 is 0 Å². The van der Waals surface area contributed by atoms with Gasteiger partial charge in [0.1, 0.15) is 0 Å². The summed E-state index contributed by atoms with van der Waals surface area (Å²) in [6, 6.07) is 1.31. The Morgan fingerprint density at radius 3 is 2.53 bits per heavy atom. The Balaban J connectivity index is 1.66. The van der Waals surface area contributed by atoms with Crippen LogP contribution < -0.4 is 4.90 Å². The maximum absolute atomic E-state index is 5.48. The first kappa shape index (κ1) is 11.9. The lowest BCUT2D eigenvalue weighted by Gasteiger charge is -2.25. The van der Waals surface area contributed by atoms with Crippen LogP contribution in [0, 0.1) is 10.7 Å². The Morgan fingerprint density at radius 1 is 1.16 bits per heavy atom. The van der Waals surface area contributed by atoms with Crippen LogP contribution in [0.1, 0.15) is 57.4 Å². The summed E-state index contributed by atoms with van der Waals surface area (Å²) >= 11 is 5.48. The largest absolute Gasteiger partial charge is 0.338 e. The van der Waals surface area contributed by atoms with Crippen LogP contribution in [0.2, 0.25) is 0 Å². The molecule has 0 spiro atoms. The van der Waals surface area contributed by atoms with Gasteiger partial charge in [-0.3, -0.25) is 4.57 Å². The number of aromatic nitrogens is 3. The highest BCUT2D eigenvalue weighted by atomic mass is 32.1. The first-order valence-electron chi connectivity index (χ1n) is 7.76. The van der Waals surface area contributed by atoms with Crippen LogP contribution >= 0.6 is 12.2 Å². The van der Waals surface area contributed by atoms with Crippen molar-refractivity contribution < 1.29 is 0 Å². The van der Waals surface area contributed by atoms with Gasteiger partial charge in [0.15, 0.2) is 4.77 Å². The van der Waals surface area contributed by atoms with Gasteiger partial charge in [-0.1, -0.05) is 12.8 Å². The third-order valence-electron chi connectivity index (χ3n) is 4.77.